The summed E-state index contributed by atoms with van der Waals surface area (Å²) in [5, 5.41) is 14.4. The molecule has 1 unspecified atom stereocenters. The lowest BCUT2D eigenvalue weighted by Crippen LogP contribution is -2.05. The number of aliphatic hydroxyl groups is 1. The van der Waals surface area contributed by atoms with Gasteiger partial charge in [0.15, 0.2) is 0 Å². The maximum atomic E-state index is 13.5. The molecule has 1 aromatic carbocycles. The van der Waals surface area contributed by atoms with Crippen LogP contribution in [0.2, 0.25) is 5.02 Å². The molecule has 96 valence electrons. The van der Waals surface area contributed by atoms with Gasteiger partial charge in [-0.2, -0.15) is 5.10 Å². The number of halogens is 2. The van der Waals surface area contributed by atoms with Crippen molar-refractivity contribution >= 4 is 11.6 Å². The van der Waals surface area contributed by atoms with Gasteiger partial charge in [0.1, 0.15) is 5.82 Å². The lowest BCUT2D eigenvalue weighted by molar-refractivity contribution is 0.162. The van der Waals surface area contributed by atoms with Gasteiger partial charge in [0.25, 0.3) is 0 Å². The number of rotatable bonds is 4. The molecule has 0 amide bonds. The number of nitrogens with zero attached hydrogens (tertiary/aromatic N) is 2. The molecule has 0 saturated heterocycles. The number of aryl methyl sites for hydroxylation is 2. The van der Waals surface area contributed by atoms with Crippen molar-refractivity contribution in [3.05, 3.63) is 52.6 Å². The summed E-state index contributed by atoms with van der Waals surface area (Å²) in [5.41, 5.74) is 1.24. The van der Waals surface area contributed by atoms with E-state index in [1.54, 1.807) is 10.9 Å². The van der Waals surface area contributed by atoms with Crippen LogP contribution < -0.4 is 0 Å². The first-order chi connectivity index (χ1) is 8.58. The standard InChI is InChI=1S/C13H14ClFN2O/c1-17-10(6-7-16-17)3-5-13(18)11-8-9(14)2-4-12(11)15/h2,4,6-8,13,18H,3,5H2,1H3. The van der Waals surface area contributed by atoms with Gasteiger partial charge in [0.2, 0.25) is 0 Å². The fourth-order valence-corrected chi connectivity index (χ4v) is 2.04. The number of aliphatic hydroxyl groups excluding tert-OH is 1. The number of hydrogen-bond donors (Lipinski definition) is 1. The van der Waals surface area contributed by atoms with Gasteiger partial charge in [0, 0.05) is 29.5 Å². The Morgan fingerprint density at radius 2 is 2.22 bits per heavy atom. The van der Waals surface area contributed by atoms with Gasteiger partial charge >= 0.3 is 0 Å². The normalized spacial score (nSPS) is 12.7. The van der Waals surface area contributed by atoms with Gasteiger partial charge in [-0.3, -0.25) is 4.68 Å². The highest BCUT2D eigenvalue weighted by molar-refractivity contribution is 6.30. The van der Waals surface area contributed by atoms with E-state index in [4.69, 9.17) is 11.6 Å². The van der Waals surface area contributed by atoms with Crippen LogP contribution >= 0.6 is 11.6 Å². The Morgan fingerprint density at radius 1 is 1.44 bits per heavy atom. The molecule has 2 aromatic rings. The molecule has 0 spiro atoms. The van der Waals surface area contributed by atoms with Gasteiger partial charge in [-0.25, -0.2) is 4.39 Å². The fraction of sp³-hybridized carbons (Fsp3) is 0.308. The molecule has 3 nitrogen and oxygen atoms in total. The third-order valence-corrected chi connectivity index (χ3v) is 3.15. The fourth-order valence-electron chi connectivity index (χ4n) is 1.86. The van der Waals surface area contributed by atoms with E-state index in [1.807, 2.05) is 13.1 Å². The van der Waals surface area contributed by atoms with Crippen molar-refractivity contribution in [2.75, 3.05) is 0 Å². The summed E-state index contributed by atoms with van der Waals surface area (Å²) in [6.45, 7) is 0. The molecule has 0 radical (unpaired) electrons. The van der Waals surface area contributed by atoms with Gasteiger partial charge in [-0.1, -0.05) is 11.6 Å². The molecule has 1 aromatic heterocycles. The number of aromatic nitrogens is 2. The van der Waals surface area contributed by atoms with Crippen LogP contribution in [0.4, 0.5) is 4.39 Å². The maximum Gasteiger partial charge on any atom is 0.129 e. The zero-order chi connectivity index (χ0) is 13.1. The van der Waals surface area contributed by atoms with E-state index < -0.39 is 11.9 Å². The summed E-state index contributed by atoms with van der Waals surface area (Å²) in [6.07, 6.45) is 1.89. The van der Waals surface area contributed by atoms with Gasteiger partial charge in [-0.05, 0) is 37.1 Å². The Labute approximate surface area is 110 Å². The second-order valence-corrected chi connectivity index (χ2v) is 4.60. The topological polar surface area (TPSA) is 38.0 Å². The Kier molecular flexibility index (Phi) is 3.99. The zero-order valence-electron chi connectivity index (χ0n) is 9.98. The molecular formula is C13H14ClFN2O. The van der Waals surface area contributed by atoms with Crippen LogP contribution in [0.15, 0.2) is 30.5 Å². The molecule has 1 N–H and O–H groups in total. The third-order valence-electron chi connectivity index (χ3n) is 2.91. The van der Waals surface area contributed by atoms with Crippen molar-refractivity contribution < 1.29 is 9.50 Å². The lowest BCUT2D eigenvalue weighted by atomic mass is 10.0. The minimum absolute atomic E-state index is 0.240. The summed E-state index contributed by atoms with van der Waals surface area (Å²) in [4.78, 5) is 0. The molecule has 0 bridgehead atoms. The highest BCUT2D eigenvalue weighted by atomic mass is 35.5. The number of benzene rings is 1. The van der Waals surface area contributed by atoms with E-state index >= 15 is 0 Å². The van der Waals surface area contributed by atoms with Crippen molar-refractivity contribution in [2.24, 2.45) is 7.05 Å². The van der Waals surface area contributed by atoms with Crippen LogP contribution in [0.1, 0.15) is 23.8 Å². The third kappa shape index (κ3) is 2.89. The van der Waals surface area contributed by atoms with Crippen LogP contribution in [0.25, 0.3) is 0 Å². The lowest BCUT2D eigenvalue weighted by Gasteiger charge is -2.12. The SMILES string of the molecule is Cn1nccc1CCC(O)c1cc(Cl)ccc1F. The highest BCUT2D eigenvalue weighted by Crippen LogP contribution is 2.24. The van der Waals surface area contributed by atoms with Crippen molar-refractivity contribution in [2.45, 2.75) is 18.9 Å². The molecule has 2 rings (SSSR count). The van der Waals surface area contributed by atoms with E-state index in [0.717, 1.165) is 5.69 Å². The van der Waals surface area contributed by atoms with E-state index in [2.05, 4.69) is 5.10 Å². The second kappa shape index (κ2) is 5.50. The summed E-state index contributed by atoms with van der Waals surface area (Å²) >= 11 is 5.79. The summed E-state index contributed by atoms with van der Waals surface area (Å²) in [5.74, 6) is -0.433. The number of hydrogen-bond acceptors (Lipinski definition) is 2. The second-order valence-electron chi connectivity index (χ2n) is 4.17. The maximum absolute atomic E-state index is 13.5. The first-order valence-corrected chi connectivity index (χ1v) is 6.05. The molecule has 0 fully saturated rings. The summed E-state index contributed by atoms with van der Waals surface area (Å²) < 4.78 is 15.3. The Hall–Kier alpha value is -1.39. The van der Waals surface area contributed by atoms with Crippen LogP contribution in [0, 0.1) is 5.82 Å². The van der Waals surface area contributed by atoms with Crippen LogP contribution in [-0.2, 0) is 13.5 Å². The van der Waals surface area contributed by atoms with E-state index in [0.29, 0.717) is 17.9 Å². The molecule has 5 heteroatoms. The van der Waals surface area contributed by atoms with Crippen molar-refractivity contribution in [1.82, 2.24) is 9.78 Å². The predicted octanol–water partition coefficient (Wildman–Crippen LogP) is 2.88. The Morgan fingerprint density at radius 3 is 2.89 bits per heavy atom. The Balaban J connectivity index is 2.06. The largest absolute Gasteiger partial charge is 0.388 e. The van der Waals surface area contributed by atoms with Gasteiger partial charge in [0.05, 0.1) is 6.10 Å². The molecule has 18 heavy (non-hydrogen) atoms. The van der Waals surface area contributed by atoms with Gasteiger partial charge < -0.3 is 5.11 Å². The quantitative estimate of drug-likeness (QED) is 0.926. The molecule has 0 aliphatic rings. The minimum atomic E-state index is -0.862. The van der Waals surface area contributed by atoms with Crippen LogP contribution in [0.5, 0.6) is 0 Å². The van der Waals surface area contributed by atoms with Crippen molar-refractivity contribution in [3.8, 4) is 0 Å². The average Bonchev–Trinajstić information content (AvgIpc) is 2.75. The molecule has 1 heterocycles. The molecule has 0 aliphatic carbocycles. The van der Waals surface area contributed by atoms with E-state index in [-0.39, 0.29) is 5.56 Å². The minimum Gasteiger partial charge on any atom is -0.388 e. The first kappa shape index (κ1) is 13.1. The van der Waals surface area contributed by atoms with E-state index in [9.17, 15) is 9.50 Å². The summed E-state index contributed by atoms with van der Waals surface area (Å²) in [6, 6.07) is 6.07. The first-order valence-electron chi connectivity index (χ1n) is 5.68. The zero-order valence-corrected chi connectivity index (χ0v) is 10.7. The van der Waals surface area contributed by atoms with Crippen LogP contribution in [-0.4, -0.2) is 14.9 Å². The average molecular weight is 269 g/mol. The highest BCUT2D eigenvalue weighted by Gasteiger charge is 2.14. The monoisotopic (exact) mass is 268 g/mol. The molecule has 1 atom stereocenters. The van der Waals surface area contributed by atoms with Crippen molar-refractivity contribution in [1.29, 1.82) is 0 Å². The molecule has 0 saturated carbocycles. The Bertz CT molecular complexity index is 542. The van der Waals surface area contributed by atoms with E-state index in [1.165, 1.54) is 18.2 Å². The van der Waals surface area contributed by atoms with Crippen molar-refractivity contribution in [3.63, 3.8) is 0 Å². The smallest absolute Gasteiger partial charge is 0.129 e. The van der Waals surface area contributed by atoms with Gasteiger partial charge in [-0.15, -0.1) is 0 Å². The molecule has 0 aliphatic heterocycles. The molecular weight excluding hydrogens is 255 g/mol. The summed E-state index contributed by atoms with van der Waals surface area (Å²) in [7, 11) is 1.84. The van der Waals surface area contributed by atoms with Crippen LogP contribution in [0.3, 0.4) is 0 Å². The predicted molar refractivity (Wildman–Crippen MR) is 67.9 cm³/mol.